The van der Waals surface area contributed by atoms with Gasteiger partial charge in [0.1, 0.15) is 9.79 Å². The maximum Gasteiger partial charge on any atom is 0.296 e. The third-order valence-electron chi connectivity index (χ3n) is 9.33. The number of anilines is 3. The molecule has 1 aliphatic carbocycles. The molecule has 0 radical (unpaired) electrons. The summed E-state index contributed by atoms with van der Waals surface area (Å²) in [4.78, 5) is 53.0. The van der Waals surface area contributed by atoms with Crippen molar-refractivity contribution in [2.45, 2.75) is 35.0 Å². The van der Waals surface area contributed by atoms with E-state index in [1.54, 1.807) is 25.1 Å². The van der Waals surface area contributed by atoms with Crippen LogP contribution in [0.5, 0.6) is 0 Å². The van der Waals surface area contributed by atoms with Crippen LogP contribution >= 0.6 is 0 Å². The number of nitrogens with zero attached hydrogens (tertiary/aromatic N) is 1. The minimum absolute atomic E-state index is 0.00371. The van der Waals surface area contributed by atoms with E-state index in [1.165, 1.54) is 49.5 Å². The molecule has 6 rings (SSSR count). The van der Waals surface area contributed by atoms with Gasteiger partial charge < -0.3 is 20.5 Å². The molecule has 0 fully saturated rings. The molecule has 0 atom stereocenters. The number of carbonyl (C=O) groups excluding carboxylic acids is 3. The summed E-state index contributed by atoms with van der Waals surface area (Å²) in [6.45, 7) is 3.19. The second kappa shape index (κ2) is 15.8. The van der Waals surface area contributed by atoms with Gasteiger partial charge in [-0.2, -0.15) is 25.3 Å². The van der Waals surface area contributed by atoms with Crippen molar-refractivity contribution in [3.8, 4) is 11.1 Å². The Bertz CT molecular complexity index is 3120. The molecule has 1 aliphatic rings. The van der Waals surface area contributed by atoms with Crippen molar-refractivity contribution in [3.63, 3.8) is 0 Å². The molecule has 20 heteroatoms. The molecule has 6 N–H and O–H groups in total. The van der Waals surface area contributed by atoms with Gasteiger partial charge >= 0.3 is 0 Å². The van der Waals surface area contributed by atoms with Crippen molar-refractivity contribution in [3.05, 3.63) is 129 Å². The number of aryl methyl sites for hydroxylation is 1. The third-order valence-corrected chi connectivity index (χ3v) is 12.0. The zero-order valence-corrected chi connectivity index (χ0v) is 33.6. The SMILES string of the molecule is C/C=C(\C=C/CC)NCC(=O)Nc1cc(Nc2ccc3c4c2C(=O)c2ccccc2-c4c(C(=O)c2cccc(S(=O)(=O)O)c2)c(=O)n3C)c(S(=O)(=O)O)cc1S(=O)(=O)O. The number of nitrogens with one attached hydrogen (secondary N) is 3. The van der Waals surface area contributed by atoms with Gasteiger partial charge in [-0.1, -0.05) is 55.5 Å². The highest BCUT2D eigenvalue weighted by atomic mass is 32.2. The summed E-state index contributed by atoms with van der Waals surface area (Å²) in [5, 5.41) is 7.92. The molecular weight excluding hydrogens is 829 g/mol. The molecule has 5 aromatic rings. The second-order valence-electron chi connectivity index (χ2n) is 13.1. The van der Waals surface area contributed by atoms with Gasteiger partial charge in [0.05, 0.1) is 45.1 Å². The molecule has 1 aromatic heterocycles. The molecule has 0 saturated carbocycles. The van der Waals surface area contributed by atoms with E-state index >= 15 is 0 Å². The Balaban J connectivity index is 1.58. The highest BCUT2D eigenvalue weighted by molar-refractivity contribution is 7.87. The molecule has 1 amide bonds. The van der Waals surface area contributed by atoms with E-state index in [0.29, 0.717) is 18.2 Å². The van der Waals surface area contributed by atoms with Crippen LogP contribution < -0.4 is 21.5 Å². The lowest BCUT2D eigenvalue weighted by atomic mass is 9.80. The molecule has 306 valence electrons. The number of benzene rings is 4. The van der Waals surface area contributed by atoms with E-state index in [-0.39, 0.29) is 44.4 Å². The summed E-state index contributed by atoms with van der Waals surface area (Å²) < 4.78 is 106. The lowest BCUT2D eigenvalue weighted by Gasteiger charge is -2.26. The summed E-state index contributed by atoms with van der Waals surface area (Å²) >= 11 is 0. The molecule has 0 unspecified atom stereocenters. The van der Waals surface area contributed by atoms with E-state index < -0.39 is 91.6 Å². The standard InChI is InChI=1S/C39H34N4O13S3/c1-4-6-11-22(5-2)40-20-32(44)42-28-18-27(30(58(51,52)53)19-31(28)59(54,55)56)41-26-15-16-29-35-33(24-13-7-8-14-25(24)38(46)34(26)35)36(39(47)43(29)3)37(45)21-10-9-12-23(17-21)57(48,49)50/h5-19,40-41H,4,20H2,1-3H3,(H,42,44)(H,48,49,50)(H,51,52,53)(H,54,55,56)/b11-6-,22-5+. The topological polar surface area (TPSA) is 272 Å². The summed E-state index contributed by atoms with van der Waals surface area (Å²) in [5.41, 5.74) is -2.39. The van der Waals surface area contributed by atoms with Crippen molar-refractivity contribution in [1.29, 1.82) is 0 Å². The van der Waals surface area contributed by atoms with Crippen molar-refractivity contribution in [2.24, 2.45) is 7.05 Å². The van der Waals surface area contributed by atoms with Gasteiger partial charge in [0.25, 0.3) is 35.9 Å². The predicted molar refractivity (Wildman–Crippen MR) is 217 cm³/mol. The number of allylic oxidation sites excluding steroid dienone is 3. The van der Waals surface area contributed by atoms with Crippen LogP contribution in [0.2, 0.25) is 0 Å². The van der Waals surface area contributed by atoms with Crippen molar-refractivity contribution >= 4 is 75.8 Å². The summed E-state index contributed by atoms with van der Waals surface area (Å²) in [7, 11) is -14.0. The maximum absolute atomic E-state index is 14.4. The van der Waals surface area contributed by atoms with E-state index in [2.05, 4.69) is 16.0 Å². The van der Waals surface area contributed by atoms with Crippen LogP contribution in [0.3, 0.4) is 0 Å². The van der Waals surface area contributed by atoms with Gasteiger partial charge in [0, 0.05) is 34.8 Å². The van der Waals surface area contributed by atoms with E-state index in [9.17, 15) is 58.1 Å². The summed E-state index contributed by atoms with van der Waals surface area (Å²) in [6, 6.07) is 14.2. The zero-order valence-electron chi connectivity index (χ0n) is 31.2. The number of amides is 1. The Morgan fingerprint density at radius 3 is 2.05 bits per heavy atom. The first-order valence-electron chi connectivity index (χ1n) is 17.4. The first kappa shape index (κ1) is 42.3. The van der Waals surface area contributed by atoms with E-state index in [1.807, 2.05) is 13.0 Å². The molecule has 0 aliphatic heterocycles. The van der Waals surface area contributed by atoms with Gasteiger partial charge in [-0.3, -0.25) is 32.8 Å². The fourth-order valence-corrected chi connectivity index (χ4v) is 8.55. The molecule has 4 aromatic carbocycles. The number of hydrogen-bond acceptors (Lipinski definition) is 12. The monoisotopic (exact) mass is 862 g/mol. The van der Waals surface area contributed by atoms with Crippen LogP contribution in [0.25, 0.3) is 22.0 Å². The lowest BCUT2D eigenvalue weighted by Crippen LogP contribution is -2.29. The number of hydrogen-bond donors (Lipinski definition) is 6. The van der Waals surface area contributed by atoms with Gasteiger partial charge in [0.2, 0.25) is 5.91 Å². The fraction of sp³-hybridized carbons (Fsp3) is 0.128. The Kier molecular flexibility index (Phi) is 11.3. The van der Waals surface area contributed by atoms with Crippen LogP contribution in [0.1, 0.15) is 52.1 Å². The Morgan fingerprint density at radius 1 is 0.763 bits per heavy atom. The Hall–Kier alpha value is -6.29. The number of aromatic nitrogens is 1. The number of fused-ring (bicyclic) bond motifs is 2. The van der Waals surface area contributed by atoms with Gasteiger partial charge in [-0.15, -0.1) is 0 Å². The number of ketones is 2. The first-order chi connectivity index (χ1) is 27.7. The lowest BCUT2D eigenvalue weighted by molar-refractivity contribution is -0.115. The summed E-state index contributed by atoms with van der Waals surface area (Å²) in [6.07, 6.45) is 5.89. The number of rotatable bonds is 13. The van der Waals surface area contributed by atoms with E-state index in [0.717, 1.165) is 22.8 Å². The minimum Gasteiger partial charge on any atom is -0.376 e. The molecule has 17 nitrogen and oxygen atoms in total. The molecule has 0 bridgehead atoms. The largest absolute Gasteiger partial charge is 0.376 e. The van der Waals surface area contributed by atoms with Gasteiger partial charge in [-0.05, 0) is 61.4 Å². The molecule has 1 heterocycles. The average Bonchev–Trinajstić information content (AvgIpc) is 3.17. The van der Waals surface area contributed by atoms with Crippen molar-refractivity contribution < 1.29 is 53.3 Å². The number of carbonyl (C=O) groups is 3. The quantitative estimate of drug-likeness (QED) is 0.0514. The van der Waals surface area contributed by atoms with E-state index in [4.69, 9.17) is 0 Å². The van der Waals surface area contributed by atoms with Crippen LogP contribution in [0.4, 0.5) is 17.1 Å². The average molecular weight is 863 g/mol. The molecule has 0 spiro atoms. The van der Waals surface area contributed by atoms with Gasteiger partial charge in [-0.25, -0.2) is 0 Å². The Labute approximate surface area is 337 Å². The minimum atomic E-state index is -5.32. The Morgan fingerprint density at radius 2 is 1.42 bits per heavy atom. The van der Waals surface area contributed by atoms with Crippen LogP contribution in [-0.2, 0) is 42.2 Å². The highest BCUT2D eigenvalue weighted by Crippen LogP contribution is 2.45. The highest BCUT2D eigenvalue weighted by Gasteiger charge is 2.35. The van der Waals surface area contributed by atoms with Crippen LogP contribution in [0, 0.1) is 0 Å². The van der Waals surface area contributed by atoms with Crippen molar-refractivity contribution in [1.82, 2.24) is 9.88 Å². The first-order valence-corrected chi connectivity index (χ1v) is 21.7. The van der Waals surface area contributed by atoms with Crippen molar-refractivity contribution in [2.75, 3.05) is 17.2 Å². The second-order valence-corrected chi connectivity index (χ2v) is 17.3. The zero-order chi connectivity index (χ0) is 43.2. The predicted octanol–water partition coefficient (Wildman–Crippen LogP) is 4.86. The van der Waals surface area contributed by atoms with Gasteiger partial charge in [0.15, 0.2) is 11.6 Å². The molecule has 0 saturated heterocycles. The number of pyridine rings is 1. The maximum atomic E-state index is 14.4. The fourth-order valence-electron chi connectivity index (χ4n) is 6.64. The van der Waals surface area contributed by atoms with Crippen LogP contribution in [-0.4, -0.2) is 67.5 Å². The summed E-state index contributed by atoms with van der Waals surface area (Å²) in [5.74, 6) is -2.47. The third kappa shape index (κ3) is 8.22. The molecular formula is C39H34N4O13S3. The normalized spacial score (nSPS) is 13.1. The van der Waals surface area contributed by atoms with Crippen LogP contribution in [0.15, 0.2) is 116 Å². The smallest absolute Gasteiger partial charge is 0.296 e. The molecule has 59 heavy (non-hydrogen) atoms.